The lowest BCUT2D eigenvalue weighted by Gasteiger charge is -2.14. The monoisotopic (exact) mass is 240 g/mol. The standard InChI is InChI=1S/C13H20O2S/c1-10-6-4-5-7-13(10)15-8-9-16-12(3)11(2)14/h4-7,11-12,14H,8-9H2,1-3H3. The zero-order chi connectivity index (χ0) is 12.0. The topological polar surface area (TPSA) is 29.5 Å². The quantitative estimate of drug-likeness (QED) is 0.775. The zero-order valence-electron chi connectivity index (χ0n) is 10.1. The van der Waals surface area contributed by atoms with Crippen molar-refractivity contribution in [3.63, 3.8) is 0 Å². The molecule has 2 atom stereocenters. The summed E-state index contributed by atoms with van der Waals surface area (Å²) in [4.78, 5) is 0. The Hall–Kier alpha value is -0.670. The SMILES string of the molecule is Cc1ccccc1OCCSC(C)C(C)O. The van der Waals surface area contributed by atoms with Crippen LogP contribution in [-0.2, 0) is 0 Å². The van der Waals surface area contributed by atoms with E-state index in [1.807, 2.05) is 45.0 Å². The summed E-state index contributed by atoms with van der Waals surface area (Å²) in [5, 5.41) is 9.58. The first-order valence-corrected chi connectivity index (χ1v) is 6.64. The average molecular weight is 240 g/mol. The highest BCUT2D eigenvalue weighted by Gasteiger charge is 2.08. The summed E-state index contributed by atoms with van der Waals surface area (Å²) in [7, 11) is 0. The Morgan fingerprint density at radius 1 is 1.31 bits per heavy atom. The van der Waals surface area contributed by atoms with Crippen LogP contribution < -0.4 is 4.74 Å². The molecule has 0 aliphatic rings. The molecule has 2 nitrogen and oxygen atoms in total. The van der Waals surface area contributed by atoms with E-state index in [0.29, 0.717) is 6.61 Å². The largest absolute Gasteiger partial charge is 0.492 e. The van der Waals surface area contributed by atoms with Gasteiger partial charge in [0.25, 0.3) is 0 Å². The molecule has 0 spiro atoms. The lowest BCUT2D eigenvalue weighted by molar-refractivity contribution is 0.196. The van der Waals surface area contributed by atoms with Gasteiger partial charge in [-0.2, -0.15) is 11.8 Å². The lowest BCUT2D eigenvalue weighted by Crippen LogP contribution is -2.17. The molecule has 0 bridgehead atoms. The second-order valence-electron chi connectivity index (χ2n) is 3.93. The van der Waals surface area contributed by atoms with Crippen LogP contribution in [-0.4, -0.2) is 28.8 Å². The normalized spacial score (nSPS) is 14.5. The summed E-state index contributed by atoms with van der Waals surface area (Å²) in [5.41, 5.74) is 1.16. The van der Waals surface area contributed by atoms with Gasteiger partial charge >= 0.3 is 0 Å². The first-order valence-electron chi connectivity index (χ1n) is 5.59. The Kier molecular flexibility index (Phi) is 5.71. The zero-order valence-corrected chi connectivity index (χ0v) is 11.0. The van der Waals surface area contributed by atoms with Crippen molar-refractivity contribution < 1.29 is 9.84 Å². The molecular formula is C13H20O2S. The summed E-state index contributed by atoms with van der Waals surface area (Å²) in [5.74, 6) is 1.85. The maximum Gasteiger partial charge on any atom is 0.122 e. The number of hydrogen-bond acceptors (Lipinski definition) is 3. The van der Waals surface area contributed by atoms with Gasteiger partial charge in [-0.25, -0.2) is 0 Å². The highest BCUT2D eigenvalue weighted by Crippen LogP contribution is 2.18. The van der Waals surface area contributed by atoms with Crippen molar-refractivity contribution in [2.75, 3.05) is 12.4 Å². The maximum atomic E-state index is 9.32. The van der Waals surface area contributed by atoms with Gasteiger partial charge in [0.1, 0.15) is 5.75 Å². The Bertz CT molecular complexity index is 313. The minimum absolute atomic E-state index is 0.261. The van der Waals surface area contributed by atoms with Gasteiger partial charge in [0.15, 0.2) is 0 Å². The fraction of sp³-hybridized carbons (Fsp3) is 0.538. The minimum atomic E-state index is -0.261. The van der Waals surface area contributed by atoms with Gasteiger partial charge in [0.05, 0.1) is 12.7 Å². The Morgan fingerprint density at radius 2 is 2.00 bits per heavy atom. The third-order valence-electron chi connectivity index (χ3n) is 2.49. The molecule has 16 heavy (non-hydrogen) atoms. The molecule has 3 heteroatoms. The van der Waals surface area contributed by atoms with Gasteiger partial charge in [-0.05, 0) is 25.5 Å². The molecule has 1 aromatic rings. The van der Waals surface area contributed by atoms with Crippen LogP contribution in [0.15, 0.2) is 24.3 Å². The molecule has 0 heterocycles. The van der Waals surface area contributed by atoms with Crippen molar-refractivity contribution >= 4 is 11.8 Å². The fourth-order valence-electron chi connectivity index (χ4n) is 1.24. The number of thioether (sulfide) groups is 1. The summed E-state index contributed by atoms with van der Waals surface area (Å²) in [6.45, 7) is 6.58. The summed E-state index contributed by atoms with van der Waals surface area (Å²) in [6.07, 6.45) is -0.261. The number of aliphatic hydroxyl groups is 1. The predicted octanol–water partition coefficient (Wildman–Crippen LogP) is 2.88. The van der Waals surface area contributed by atoms with Crippen LogP contribution >= 0.6 is 11.8 Å². The molecule has 90 valence electrons. The highest BCUT2D eigenvalue weighted by molar-refractivity contribution is 7.99. The van der Waals surface area contributed by atoms with E-state index in [2.05, 4.69) is 0 Å². The Balaban J connectivity index is 2.24. The van der Waals surface area contributed by atoms with Gasteiger partial charge in [-0.3, -0.25) is 0 Å². The van der Waals surface area contributed by atoms with Crippen molar-refractivity contribution in [1.29, 1.82) is 0 Å². The molecule has 0 fully saturated rings. The molecule has 0 saturated carbocycles. The van der Waals surface area contributed by atoms with Crippen molar-refractivity contribution in [3.05, 3.63) is 29.8 Å². The van der Waals surface area contributed by atoms with E-state index >= 15 is 0 Å². The first-order chi connectivity index (χ1) is 7.61. The van der Waals surface area contributed by atoms with Gasteiger partial charge in [0, 0.05) is 11.0 Å². The van der Waals surface area contributed by atoms with E-state index in [9.17, 15) is 5.11 Å². The molecule has 1 aromatic carbocycles. The van der Waals surface area contributed by atoms with E-state index in [4.69, 9.17) is 4.74 Å². The molecule has 0 radical (unpaired) electrons. The van der Waals surface area contributed by atoms with Crippen LogP contribution in [0.25, 0.3) is 0 Å². The van der Waals surface area contributed by atoms with Crippen molar-refractivity contribution in [2.45, 2.75) is 32.1 Å². The third-order valence-corrected chi connectivity index (χ3v) is 3.82. The summed E-state index contributed by atoms with van der Waals surface area (Å²) < 4.78 is 5.66. The molecule has 1 N–H and O–H groups in total. The number of rotatable bonds is 6. The smallest absolute Gasteiger partial charge is 0.122 e. The van der Waals surface area contributed by atoms with Crippen LogP contribution in [0, 0.1) is 6.92 Å². The molecule has 1 rings (SSSR count). The summed E-state index contributed by atoms with van der Waals surface area (Å²) >= 11 is 1.73. The van der Waals surface area contributed by atoms with Crippen molar-refractivity contribution in [1.82, 2.24) is 0 Å². The minimum Gasteiger partial charge on any atom is -0.492 e. The highest BCUT2D eigenvalue weighted by atomic mass is 32.2. The van der Waals surface area contributed by atoms with E-state index in [1.165, 1.54) is 0 Å². The van der Waals surface area contributed by atoms with E-state index in [-0.39, 0.29) is 11.4 Å². The van der Waals surface area contributed by atoms with Crippen LogP contribution in [0.3, 0.4) is 0 Å². The van der Waals surface area contributed by atoms with Crippen molar-refractivity contribution in [3.8, 4) is 5.75 Å². The number of para-hydroxylation sites is 1. The maximum absolute atomic E-state index is 9.32. The molecule has 0 saturated heterocycles. The van der Waals surface area contributed by atoms with Gasteiger partial charge < -0.3 is 9.84 Å². The molecule has 0 aliphatic heterocycles. The van der Waals surface area contributed by atoms with Crippen LogP contribution in [0.1, 0.15) is 19.4 Å². The Labute approximate surface area is 102 Å². The lowest BCUT2D eigenvalue weighted by atomic mass is 10.2. The number of ether oxygens (including phenoxy) is 1. The average Bonchev–Trinajstić information content (AvgIpc) is 2.26. The van der Waals surface area contributed by atoms with E-state index in [1.54, 1.807) is 11.8 Å². The van der Waals surface area contributed by atoms with E-state index < -0.39 is 0 Å². The van der Waals surface area contributed by atoms with Crippen molar-refractivity contribution in [2.24, 2.45) is 0 Å². The molecule has 2 unspecified atom stereocenters. The Morgan fingerprint density at radius 3 is 2.62 bits per heavy atom. The number of hydrogen-bond donors (Lipinski definition) is 1. The predicted molar refractivity (Wildman–Crippen MR) is 70.3 cm³/mol. The number of aliphatic hydroxyl groups excluding tert-OH is 1. The molecular weight excluding hydrogens is 220 g/mol. The van der Waals surface area contributed by atoms with Gasteiger partial charge in [-0.1, -0.05) is 25.1 Å². The second kappa shape index (κ2) is 6.81. The fourth-order valence-corrected chi connectivity index (χ4v) is 2.07. The molecule has 0 aromatic heterocycles. The molecule has 0 amide bonds. The van der Waals surface area contributed by atoms with Crippen LogP contribution in [0.2, 0.25) is 0 Å². The van der Waals surface area contributed by atoms with Gasteiger partial charge in [-0.15, -0.1) is 0 Å². The second-order valence-corrected chi connectivity index (χ2v) is 5.42. The molecule has 0 aliphatic carbocycles. The van der Waals surface area contributed by atoms with Crippen LogP contribution in [0.4, 0.5) is 0 Å². The number of benzene rings is 1. The first kappa shape index (κ1) is 13.4. The van der Waals surface area contributed by atoms with E-state index in [0.717, 1.165) is 17.1 Å². The number of aryl methyl sites for hydroxylation is 1. The third kappa shape index (κ3) is 4.45. The summed E-state index contributed by atoms with van der Waals surface area (Å²) in [6, 6.07) is 8.01. The van der Waals surface area contributed by atoms with Gasteiger partial charge in [0.2, 0.25) is 0 Å². The van der Waals surface area contributed by atoms with Crippen LogP contribution in [0.5, 0.6) is 5.75 Å².